The van der Waals surface area contributed by atoms with Crippen LogP contribution in [0.15, 0.2) is 54.0 Å². The van der Waals surface area contributed by atoms with Gasteiger partial charge < -0.3 is 9.64 Å². The Labute approximate surface area is 157 Å². The van der Waals surface area contributed by atoms with Crippen molar-refractivity contribution in [3.05, 3.63) is 65.2 Å². The Hall–Kier alpha value is -2.40. The van der Waals surface area contributed by atoms with Gasteiger partial charge in [-0.25, -0.2) is 9.78 Å². The van der Waals surface area contributed by atoms with E-state index in [9.17, 15) is 4.79 Å². The standard InChI is InChI=1S/C21H22N2O2S/c1-15-7-9-19(17-8-10-20-18(11-17)22-14-26-20)23(12-15)21(24)25-13-16-5-3-2-4-6-16/h2-6,8,10-11,14-15,19H,7,9,12-13H2,1H3/t15-,19+/m0/s1. The minimum atomic E-state index is -0.233. The zero-order valence-corrected chi connectivity index (χ0v) is 15.6. The molecule has 0 aliphatic carbocycles. The number of nitrogens with zero attached hydrogens (tertiary/aromatic N) is 2. The van der Waals surface area contributed by atoms with E-state index in [0.717, 1.165) is 36.0 Å². The molecule has 1 aliphatic rings. The van der Waals surface area contributed by atoms with Crippen molar-refractivity contribution in [2.45, 2.75) is 32.4 Å². The maximum atomic E-state index is 12.8. The highest BCUT2D eigenvalue weighted by atomic mass is 32.1. The lowest BCUT2D eigenvalue weighted by Gasteiger charge is -2.38. The van der Waals surface area contributed by atoms with Crippen molar-refractivity contribution < 1.29 is 9.53 Å². The van der Waals surface area contributed by atoms with E-state index >= 15 is 0 Å². The molecule has 4 rings (SSSR count). The van der Waals surface area contributed by atoms with Crippen molar-refractivity contribution in [1.29, 1.82) is 0 Å². The Balaban J connectivity index is 1.53. The van der Waals surface area contributed by atoms with E-state index in [4.69, 9.17) is 4.74 Å². The van der Waals surface area contributed by atoms with Crippen LogP contribution in [-0.4, -0.2) is 22.5 Å². The third-order valence-corrected chi connectivity index (χ3v) is 5.81. The summed E-state index contributed by atoms with van der Waals surface area (Å²) in [5.41, 5.74) is 5.02. The minimum Gasteiger partial charge on any atom is -0.445 e. The van der Waals surface area contributed by atoms with Crippen LogP contribution in [0.3, 0.4) is 0 Å². The van der Waals surface area contributed by atoms with Gasteiger partial charge in [0.1, 0.15) is 6.61 Å². The summed E-state index contributed by atoms with van der Waals surface area (Å²) in [6.45, 7) is 3.23. The minimum absolute atomic E-state index is 0.0561. The second kappa shape index (κ2) is 7.46. The summed E-state index contributed by atoms with van der Waals surface area (Å²) >= 11 is 1.64. The first kappa shape index (κ1) is 17.0. The molecule has 2 heterocycles. The number of aromatic nitrogens is 1. The number of benzene rings is 2. The molecule has 1 fully saturated rings. The average molecular weight is 366 g/mol. The van der Waals surface area contributed by atoms with Crippen molar-refractivity contribution in [1.82, 2.24) is 9.88 Å². The maximum absolute atomic E-state index is 12.8. The highest BCUT2D eigenvalue weighted by Gasteiger charge is 2.32. The normalized spacial score (nSPS) is 20.3. The van der Waals surface area contributed by atoms with Gasteiger partial charge in [0.25, 0.3) is 0 Å². The number of carbonyl (C=O) groups is 1. The van der Waals surface area contributed by atoms with Crippen LogP contribution in [0.25, 0.3) is 10.2 Å². The first-order valence-corrected chi connectivity index (χ1v) is 9.89. The van der Waals surface area contributed by atoms with Gasteiger partial charge in [-0.1, -0.05) is 43.3 Å². The molecule has 4 nitrogen and oxygen atoms in total. The molecule has 2 aromatic carbocycles. The van der Waals surface area contributed by atoms with E-state index in [-0.39, 0.29) is 12.1 Å². The molecule has 0 N–H and O–H groups in total. The van der Waals surface area contributed by atoms with E-state index in [0.29, 0.717) is 12.5 Å². The summed E-state index contributed by atoms with van der Waals surface area (Å²) in [4.78, 5) is 19.1. The van der Waals surface area contributed by atoms with Crippen LogP contribution in [0.1, 0.15) is 36.9 Å². The van der Waals surface area contributed by atoms with Crippen molar-refractivity contribution in [2.24, 2.45) is 5.92 Å². The summed E-state index contributed by atoms with van der Waals surface area (Å²) in [6.07, 6.45) is 1.84. The summed E-state index contributed by atoms with van der Waals surface area (Å²) in [5.74, 6) is 0.485. The Morgan fingerprint density at radius 3 is 2.92 bits per heavy atom. The lowest BCUT2D eigenvalue weighted by Crippen LogP contribution is -2.41. The number of hydrogen-bond acceptors (Lipinski definition) is 4. The zero-order valence-electron chi connectivity index (χ0n) is 14.8. The van der Waals surface area contributed by atoms with Crippen molar-refractivity contribution in [3.63, 3.8) is 0 Å². The second-order valence-electron chi connectivity index (χ2n) is 6.97. The molecule has 0 unspecified atom stereocenters. The molecule has 0 spiro atoms. The lowest BCUT2D eigenvalue weighted by molar-refractivity contribution is 0.0565. The van der Waals surface area contributed by atoms with E-state index in [2.05, 4.69) is 30.1 Å². The number of amides is 1. The molecular formula is C21H22N2O2S. The molecular weight excluding hydrogens is 344 g/mol. The number of piperidine rings is 1. The van der Waals surface area contributed by atoms with Crippen LogP contribution in [0.5, 0.6) is 0 Å². The van der Waals surface area contributed by atoms with Crippen LogP contribution in [-0.2, 0) is 11.3 Å². The van der Waals surface area contributed by atoms with E-state index < -0.39 is 0 Å². The summed E-state index contributed by atoms with van der Waals surface area (Å²) in [5, 5.41) is 0. The number of fused-ring (bicyclic) bond motifs is 1. The third kappa shape index (κ3) is 3.58. The fourth-order valence-electron chi connectivity index (χ4n) is 3.59. The summed E-state index contributed by atoms with van der Waals surface area (Å²) in [6, 6.07) is 16.2. The van der Waals surface area contributed by atoms with Crippen molar-refractivity contribution in [3.8, 4) is 0 Å². The van der Waals surface area contributed by atoms with Gasteiger partial charge in [0.15, 0.2) is 0 Å². The van der Waals surface area contributed by atoms with Crippen LogP contribution < -0.4 is 0 Å². The number of likely N-dealkylation sites (tertiary alicyclic amines) is 1. The van der Waals surface area contributed by atoms with E-state index in [1.165, 1.54) is 4.70 Å². The summed E-state index contributed by atoms with van der Waals surface area (Å²) in [7, 11) is 0. The fraction of sp³-hybridized carbons (Fsp3) is 0.333. The number of rotatable bonds is 3. The van der Waals surface area contributed by atoms with Gasteiger partial charge in [-0.2, -0.15) is 0 Å². The molecule has 0 radical (unpaired) electrons. The molecule has 2 atom stereocenters. The highest BCUT2D eigenvalue weighted by Crippen LogP contribution is 2.35. The average Bonchev–Trinajstić information content (AvgIpc) is 3.14. The smallest absolute Gasteiger partial charge is 0.410 e. The Morgan fingerprint density at radius 1 is 1.23 bits per heavy atom. The van der Waals surface area contributed by atoms with Gasteiger partial charge in [0.2, 0.25) is 0 Å². The molecule has 134 valence electrons. The van der Waals surface area contributed by atoms with Crippen LogP contribution in [0.4, 0.5) is 4.79 Å². The molecule has 0 bridgehead atoms. The van der Waals surface area contributed by atoms with Gasteiger partial charge in [-0.3, -0.25) is 0 Å². The quantitative estimate of drug-likeness (QED) is 0.623. The number of carbonyl (C=O) groups excluding carboxylic acids is 1. The highest BCUT2D eigenvalue weighted by molar-refractivity contribution is 7.16. The zero-order chi connectivity index (χ0) is 17.9. The van der Waals surface area contributed by atoms with Gasteiger partial charge >= 0.3 is 6.09 Å². The molecule has 1 aromatic heterocycles. The van der Waals surface area contributed by atoms with E-state index in [1.807, 2.05) is 40.7 Å². The lowest BCUT2D eigenvalue weighted by atomic mass is 9.90. The fourth-order valence-corrected chi connectivity index (χ4v) is 4.24. The van der Waals surface area contributed by atoms with Gasteiger partial charge in [-0.15, -0.1) is 11.3 Å². The van der Waals surface area contributed by atoms with Gasteiger partial charge in [0, 0.05) is 6.54 Å². The van der Waals surface area contributed by atoms with Crippen LogP contribution >= 0.6 is 11.3 Å². The van der Waals surface area contributed by atoms with Crippen molar-refractivity contribution >= 4 is 27.6 Å². The SMILES string of the molecule is C[C@H]1CC[C@H](c2ccc3scnc3c2)N(C(=O)OCc2ccccc2)C1. The Morgan fingerprint density at radius 2 is 2.08 bits per heavy atom. The van der Waals surface area contributed by atoms with Crippen LogP contribution in [0.2, 0.25) is 0 Å². The first-order valence-electron chi connectivity index (χ1n) is 9.01. The molecule has 5 heteroatoms. The largest absolute Gasteiger partial charge is 0.445 e. The monoisotopic (exact) mass is 366 g/mol. The third-order valence-electron chi connectivity index (χ3n) is 5.00. The Kier molecular flexibility index (Phi) is 4.89. The van der Waals surface area contributed by atoms with Gasteiger partial charge in [-0.05, 0) is 42.0 Å². The molecule has 1 amide bonds. The summed E-state index contributed by atoms with van der Waals surface area (Å²) < 4.78 is 6.79. The molecule has 0 saturated carbocycles. The predicted molar refractivity (Wildman–Crippen MR) is 104 cm³/mol. The van der Waals surface area contributed by atoms with E-state index in [1.54, 1.807) is 11.3 Å². The maximum Gasteiger partial charge on any atom is 0.410 e. The first-order chi connectivity index (χ1) is 12.7. The molecule has 26 heavy (non-hydrogen) atoms. The number of hydrogen-bond donors (Lipinski definition) is 0. The van der Waals surface area contributed by atoms with Gasteiger partial charge in [0.05, 0.1) is 21.8 Å². The Bertz CT molecular complexity index is 893. The molecule has 3 aromatic rings. The number of thiazole rings is 1. The second-order valence-corrected chi connectivity index (χ2v) is 7.86. The predicted octanol–water partition coefficient (Wildman–Crippen LogP) is 5.41. The van der Waals surface area contributed by atoms with Crippen LogP contribution in [0, 0.1) is 5.92 Å². The number of ether oxygens (including phenoxy) is 1. The molecule has 1 saturated heterocycles. The molecule has 1 aliphatic heterocycles. The van der Waals surface area contributed by atoms with Crippen molar-refractivity contribution in [2.75, 3.05) is 6.54 Å². The topological polar surface area (TPSA) is 42.4 Å².